The van der Waals surface area contributed by atoms with E-state index in [9.17, 15) is 0 Å². The van der Waals surface area contributed by atoms with E-state index in [-0.39, 0.29) is 5.41 Å². The Labute approximate surface area is 233 Å². The molecule has 7 aromatic carbocycles. The fraction of sp³-hybridized carbons (Fsp3) is 0.0500. The van der Waals surface area contributed by atoms with Gasteiger partial charge in [-0.3, -0.25) is 0 Å². The highest BCUT2D eigenvalue weighted by Crippen LogP contribution is 2.65. The predicted octanol–water partition coefficient (Wildman–Crippen LogP) is 9.91. The van der Waals surface area contributed by atoms with Crippen molar-refractivity contribution in [2.45, 2.75) is 11.8 Å². The fourth-order valence-electron chi connectivity index (χ4n) is 8.45. The Kier molecular flexibility index (Phi) is 3.76. The Morgan fingerprint density at radius 1 is 0.350 bits per heavy atom. The summed E-state index contributed by atoms with van der Waals surface area (Å²) in [6, 6.07) is 50.4. The second-order valence-electron chi connectivity index (χ2n) is 11.6. The summed E-state index contributed by atoms with van der Waals surface area (Å²) in [5.74, 6) is 0. The van der Waals surface area contributed by atoms with Gasteiger partial charge in [0.05, 0.1) is 5.41 Å². The highest BCUT2D eigenvalue weighted by molar-refractivity contribution is 6.09. The number of benzene rings is 7. The molecular formula is C40H24. The first-order chi connectivity index (χ1) is 19.9. The molecule has 1 spiro atoms. The second-order valence-corrected chi connectivity index (χ2v) is 11.6. The van der Waals surface area contributed by atoms with Crippen LogP contribution in [0, 0.1) is 0 Å². The van der Waals surface area contributed by atoms with Gasteiger partial charge in [-0.2, -0.15) is 0 Å². The molecule has 0 saturated carbocycles. The van der Waals surface area contributed by atoms with E-state index in [1.807, 2.05) is 0 Å². The van der Waals surface area contributed by atoms with Gasteiger partial charge >= 0.3 is 0 Å². The third-order valence-corrected chi connectivity index (χ3v) is 9.94. The van der Waals surface area contributed by atoms with Crippen LogP contribution in [0.15, 0.2) is 133 Å². The van der Waals surface area contributed by atoms with Crippen LogP contribution in [0.25, 0.3) is 54.9 Å². The van der Waals surface area contributed by atoms with Crippen molar-refractivity contribution in [3.8, 4) is 33.4 Å². The summed E-state index contributed by atoms with van der Waals surface area (Å²) in [5.41, 5.74) is 16.7. The molecule has 184 valence electrons. The van der Waals surface area contributed by atoms with E-state index in [4.69, 9.17) is 0 Å². The zero-order valence-corrected chi connectivity index (χ0v) is 21.9. The Balaban J connectivity index is 1.39. The first-order valence-corrected chi connectivity index (χ1v) is 14.2. The molecule has 0 aromatic heterocycles. The summed E-state index contributed by atoms with van der Waals surface area (Å²) in [5, 5.41) is 5.37. The molecule has 0 N–H and O–H groups in total. The van der Waals surface area contributed by atoms with Crippen LogP contribution in [0.4, 0.5) is 0 Å². The Bertz CT molecular complexity index is 2200. The van der Waals surface area contributed by atoms with Crippen LogP contribution in [0.2, 0.25) is 0 Å². The van der Waals surface area contributed by atoms with Gasteiger partial charge < -0.3 is 0 Å². The number of hydrogen-bond donors (Lipinski definition) is 0. The average Bonchev–Trinajstić information content (AvgIpc) is 3.65. The topological polar surface area (TPSA) is 0 Å². The SMILES string of the molecule is c1ccc2c(c1)-c1ccccc1C21c2ccc3c(c2-c2c1ccc1ccccc21)Cc1c-3ccc2ccccc12. The molecule has 0 radical (unpaired) electrons. The molecule has 0 unspecified atom stereocenters. The maximum atomic E-state index is 2.46. The zero-order chi connectivity index (χ0) is 26.0. The quantitative estimate of drug-likeness (QED) is 0.193. The minimum Gasteiger partial charge on any atom is -0.0619 e. The van der Waals surface area contributed by atoms with Gasteiger partial charge in [0.2, 0.25) is 0 Å². The van der Waals surface area contributed by atoms with Gasteiger partial charge in [-0.05, 0) is 94.7 Å². The summed E-state index contributed by atoms with van der Waals surface area (Å²) in [6.07, 6.45) is 0.969. The predicted molar refractivity (Wildman–Crippen MR) is 166 cm³/mol. The largest absolute Gasteiger partial charge is 0.0725 e. The van der Waals surface area contributed by atoms with Crippen molar-refractivity contribution < 1.29 is 0 Å². The molecule has 0 saturated heterocycles. The van der Waals surface area contributed by atoms with Crippen LogP contribution in [-0.4, -0.2) is 0 Å². The molecule has 10 rings (SSSR count). The van der Waals surface area contributed by atoms with Gasteiger partial charge in [-0.1, -0.05) is 133 Å². The molecule has 0 amide bonds. The molecule has 40 heavy (non-hydrogen) atoms. The monoisotopic (exact) mass is 504 g/mol. The molecular weight excluding hydrogens is 480 g/mol. The van der Waals surface area contributed by atoms with Crippen LogP contribution in [0.1, 0.15) is 33.4 Å². The molecule has 3 aliphatic carbocycles. The molecule has 0 bridgehead atoms. The first kappa shape index (κ1) is 21.0. The van der Waals surface area contributed by atoms with Gasteiger partial charge in [0.1, 0.15) is 0 Å². The summed E-state index contributed by atoms with van der Waals surface area (Å²) < 4.78 is 0. The summed E-state index contributed by atoms with van der Waals surface area (Å²) in [4.78, 5) is 0. The molecule has 0 heteroatoms. The van der Waals surface area contributed by atoms with Gasteiger partial charge in [0.25, 0.3) is 0 Å². The van der Waals surface area contributed by atoms with E-state index in [0.717, 1.165) is 6.42 Å². The van der Waals surface area contributed by atoms with Crippen molar-refractivity contribution in [2.75, 3.05) is 0 Å². The molecule has 0 fully saturated rings. The normalized spacial score (nSPS) is 14.6. The lowest BCUT2D eigenvalue weighted by atomic mass is 9.70. The molecule has 0 atom stereocenters. The van der Waals surface area contributed by atoms with E-state index in [0.29, 0.717) is 0 Å². The fourth-order valence-corrected chi connectivity index (χ4v) is 8.45. The minimum absolute atomic E-state index is 0.312. The molecule has 0 aliphatic heterocycles. The van der Waals surface area contributed by atoms with Gasteiger partial charge in [0.15, 0.2) is 0 Å². The van der Waals surface area contributed by atoms with Crippen molar-refractivity contribution >= 4 is 21.5 Å². The van der Waals surface area contributed by atoms with Crippen molar-refractivity contribution in [1.29, 1.82) is 0 Å². The average molecular weight is 505 g/mol. The highest BCUT2D eigenvalue weighted by atomic mass is 14.5. The molecule has 0 heterocycles. The second kappa shape index (κ2) is 7.17. The lowest BCUT2D eigenvalue weighted by molar-refractivity contribution is 0.794. The molecule has 3 aliphatic rings. The minimum atomic E-state index is -0.312. The Morgan fingerprint density at radius 3 is 1.65 bits per heavy atom. The van der Waals surface area contributed by atoms with Crippen LogP contribution in [-0.2, 0) is 11.8 Å². The Morgan fingerprint density at radius 2 is 0.875 bits per heavy atom. The van der Waals surface area contributed by atoms with Crippen LogP contribution < -0.4 is 0 Å². The van der Waals surface area contributed by atoms with Crippen LogP contribution in [0.5, 0.6) is 0 Å². The number of fused-ring (bicyclic) bond motifs is 18. The maximum absolute atomic E-state index is 2.46. The molecule has 7 aromatic rings. The highest BCUT2D eigenvalue weighted by Gasteiger charge is 2.53. The van der Waals surface area contributed by atoms with Gasteiger partial charge in [-0.25, -0.2) is 0 Å². The van der Waals surface area contributed by atoms with Crippen molar-refractivity contribution in [3.63, 3.8) is 0 Å². The van der Waals surface area contributed by atoms with E-state index in [1.54, 1.807) is 0 Å². The zero-order valence-electron chi connectivity index (χ0n) is 21.9. The summed E-state index contributed by atoms with van der Waals surface area (Å²) >= 11 is 0. The molecule has 0 nitrogen and oxygen atoms in total. The van der Waals surface area contributed by atoms with Gasteiger partial charge in [0, 0.05) is 0 Å². The lowest BCUT2D eigenvalue weighted by Crippen LogP contribution is -2.25. The van der Waals surface area contributed by atoms with Crippen LogP contribution in [0.3, 0.4) is 0 Å². The number of hydrogen-bond acceptors (Lipinski definition) is 0. The van der Waals surface area contributed by atoms with E-state index in [1.165, 1.54) is 88.3 Å². The van der Waals surface area contributed by atoms with Crippen molar-refractivity contribution in [3.05, 3.63) is 167 Å². The van der Waals surface area contributed by atoms with E-state index < -0.39 is 0 Å². The summed E-state index contributed by atoms with van der Waals surface area (Å²) in [7, 11) is 0. The van der Waals surface area contributed by atoms with E-state index >= 15 is 0 Å². The van der Waals surface area contributed by atoms with Crippen molar-refractivity contribution in [1.82, 2.24) is 0 Å². The third kappa shape index (κ3) is 2.28. The Hall–Kier alpha value is -4.94. The van der Waals surface area contributed by atoms with Gasteiger partial charge in [-0.15, -0.1) is 0 Å². The smallest absolute Gasteiger partial charge is 0.0619 e. The number of rotatable bonds is 0. The van der Waals surface area contributed by atoms with Crippen LogP contribution >= 0.6 is 0 Å². The van der Waals surface area contributed by atoms with Crippen molar-refractivity contribution in [2.24, 2.45) is 0 Å². The summed E-state index contributed by atoms with van der Waals surface area (Å²) in [6.45, 7) is 0. The first-order valence-electron chi connectivity index (χ1n) is 14.2. The third-order valence-electron chi connectivity index (χ3n) is 9.94. The maximum Gasteiger partial charge on any atom is 0.0725 e. The standard InChI is InChI=1S/C40H24/c1-3-11-26-24(9-1)17-19-28-29-20-22-37-39(33(29)23-32(26)28)38-27-12-4-2-10-25(27)18-21-36(38)40(37)34-15-7-5-13-30(34)31-14-6-8-16-35(31)40/h1-22H,23H2. The lowest BCUT2D eigenvalue weighted by Gasteiger charge is -2.30. The van der Waals surface area contributed by atoms with E-state index in [2.05, 4.69) is 133 Å².